The number of hydrogen-bond donors (Lipinski definition) is 0. The summed E-state index contributed by atoms with van der Waals surface area (Å²) in [6, 6.07) is 8.32. The Hall–Kier alpha value is -3.29. The summed E-state index contributed by atoms with van der Waals surface area (Å²) in [4.78, 5) is 25.2. The van der Waals surface area contributed by atoms with E-state index in [2.05, 4.69) is 15.1 Å². The van der Waals surface area contributed by atoms with Crippen LogP contribution in [0.5, 0.6) is 0 Å². The summed E-state index contributed by atoms with van der Waals surface area (Å²) in [7, 11) is 0. The van der Waals surface area contributed by atoms with Gasteiger partial charge in [-0.1, -0.05) is 12.1 Å². The minimum atomic E-state index is -0.292. The van der Waals surface area contributed by atoms with Gasteiger partial charge >= 0.3 is 0 Å². The second-order valence-electron chi connectivity index (χ2n) is 6.94. The smallest absolute Gasteiger partial charge is 0.242 e. The molecule has 0 atom stereocenters. The van der Waals surface area contributed by atoms with E-state index in [1.54, 1.807) is 28.0 Å². The van der Waals surface area contributed by atoms with E-state index in [-0.39, 0.29) is 18.3 Å². The highest BCUT2D eigenvalue weighted by atomic mass is 19.1. The van der Waals surface area contributed by atoms with Gasteiger partial charge in [0.15, 0.2) is 5.82 Å². The number of halogens is 1. The molecule has 2 aromatic heterocycles. The lowest BCUT2D eigenvalue weighted by Gasteiger charge is -2.35. The average molecular weight is 380 g/mol. The van der Waals surface area contributed by atoms with Gasteiger partial charge in [-0.15, -0.1) is 0 Å². The zero-order chi connectivity index (χ0) is 19.7. The van der Waals surface area contributed by atoms with Crippen LogP contribution in [0.15, 0.2) is 42.7 Å². The van der Waals surface area contributed by atoms with Gasteiger partial charge in [-0.3, -0.25) is 9.78 Å². The zero-order valence-corrected chi connectivity index (χ0v) is 15.8. The average Bonchev–Trinajstić information content (AvgIpc) is 3.02. The van der Waals surface area contributed by atoms with Gasteiger partial charge < -0.3 is 9.80 Å². The fourth-order valence-corrected chi connectivity index (χ4v) is 3.39. The lowest BCUT2D eigenvalue weighted by molar-refractivity contribution is -0.131. The van der Waals surface area contributed by atoms with E-state index in [0.29, 0.717) is 31.3 Å². The maximum Gasteiger partial charge on any atom is 0.242 e. The Balaban J connectivity index is 1.48. The Bertz CT molecular complexity index is 1020. The van der Waals surface area contributed by atoms with Crippen molar-refractivity contribution in [3.8, 4) is 5.82 Å². The molecule has 1 saturated heterocycles. The predicted octanol–water partition coefficient (Wildman–Crippen LogP) is 2.27. The molecule has 1 aromatic carbocycles. The van der Waals surface area contributed by atoms with Crippen LogP contribution in [0.25, 0.3) is 5.82 Å². The molecule has 1 fully saturated rings. The molecule has 0 unspecified atom stereocenters. The second kappa shape index (κ2) is 7.38. The Morgan fingerprint density at radius 2 is 1.93 bits per heavy atom. The summed E-state index contributed by atoms with van der Waals surface area (Å²) in [5.74, 6) is 0.954. The first kappa shape index (κ1) is 18.1. The van der Waals surface area contributed by atoms with Crippen molar-refractivity contribution in [2.45, 2.75) is 20.4 Å². The van der Waals surface area contributed by atoms with Gasteiger partial charge in [0.25, 0.3) is 0 Å². The van der Waals surface area contributed by atoms with Crippen molar-refractivity contribution in [1.29, 1.82) is 0 Å². The Kier molecular flexibility index (Phi) is 4.77. The third kappa shape index (κ3) is 3.71. The van der Waals surface area contributed by atoms with Crippen molar-refractivity contribution >= 4 is 11.7 Å². The van der Waals surface area contributed by atoms with Crippen LogP contribution in [-0.2, 0) is 11.3 Å². The Morgan fingerprint density at radius 1 is 1.11 bits per heavy atom. The van der Waals surface area contributed by atoms with Crippen LogP contribution in [0.2, 0.25) is 0 Å². The van der Waals surface area contributed by atoms with Gasteiger partial charge in [0.05, 0.1) is 24.6 Å². The number of hydrogen-bond acceptors (Lipinski definition) is 5. The highest BCUT2D eigenvalue weighted by molar-refractivity contribution is 5.82. The first-order chi connectivity index (χ1) is 13.5. The maximum absolute atomic E-state index is 13.4. The number of aryl methyl sites for hydroxylation is 2. The summed E-state index contributed by atoms with van der Waals surface area (Å²) in [6.07, 6.45) is 3.32. The van der Waals surface area contributed by atoms with Gasteiger partial charge in [-0.2, -0.15) is 5.10 Å². The summed E-state index contributed by atoms with van der Waals surface area (Å²) < 4.78 is 15.1. The van der Waals surface area contributed by atoms with Crippen molar-refractivity contribution in [3.05, 3.63) is 65.5 Å². The van der Waals surface area contributed by atoms with Crippen LogP contribution in [0.3, 0.4) is 0 Å². The van der Waals surface area contributed by atoms with Crippen molar-refractivity contribution < 1.29 is 9.18 Å². The molecule has 3 aromatic rings. The van der Waals surface area contributed by atoms with E-state index >= 15 is 0 Å². The van der Waals surface area contributed by atoms with E-state index in [4.69, 9.17) is 0 Å². The SMILES string of the molecule is Cc1cc(C)n(-c2cncc(N3CCN(Cc4cccc(F)c4)C(=O)C3)n2)n1. The molecule has 28 heavy (non-hydrogen) atoms. The molecule has 8 heteroatoms. The molecule has 1 aliphatic heterocycles. The number of amides is 1. The monoisotopic (exact) mass is 380 g/mol. The number of anilines is 1. The summed E-state index contributed by atoms with van der Waals surface area (Å²) >= 11 is 0. The van der Waals surface area contributed by atoms with Gasteiger partial charge in [-0.25, -0.2) is 14.1 Å². The molecule has 0 spiro atoms. The predicted molar refractivity (Wildman–Crippen MR) is 103 cm³/mol. The van der Waals surface area contributed by atoms with Crippen LogP contribution >= 0.6 is 0 Å². The summed E-state index contributed by atoms with van der Waals surface area (Å²) in [5, 5.41) is 4.44. The molecule has 1 amide bonds. The zero-order valence-electron chi connectivity index (χ0n) is 15.8. The lowest BCUT2D eigenvalue weighted by Crippen LogP contribution is -2.50. The van der Waals surface area contributed by atoms with Crippen molar-refractivity contribution in [2.24, 2.45) is 0 Å². The molecule has 3 heterocycles. The molecule has 0 saturated carbocycles. The molecule has 0 N–H and O–H groups in total. The molecule has 1 aliphatic rings. The van der Waals surface area contributed by atoms with Crippen LogP contribution in [0.4, 0.5) is 10.2 Å². The third-order valence-corrected chi connectivity index (χ3v) is 4.74. The molecular formula is C20H21FN6O. The minimum Gasteiger partial charge on any atom is -0.344 e. The largest absolute Gasteiger partial charge is 0.344 e. The van der Waals surface area contributed by atoms with Gasteiger partial charge in [0.2, 0.25) is 5.91 Å². The second-order valence-corrected chi connectivity index (χ2v) is 6.94. The van der Waals surface area contributed by atoms with Crippen molar-refractivity contribution in [2.75, 3.05) is 24.5 Å². The molecular weight excluding hydrogens is 359 g/mol. The first-order valence-corrected chi connectivity index (χ1v) is 9.12. The molecule has 7 nitrogen and oxygen atoms in total. The molecule has 0 bridgehead atoms. The van der Waals surface area contributed by atoms with Crippen LogP contribution < -0.4 is 4.90 Å². The summed E-state index contributed by atoms with van der Waals surface area (Å²) in [5.41, 5.74) is 2.67. The van der Waals surface area contributed by atoms with Crippen molar-refractivity contribution in [1.82, 2.24) is 24.6 Å². The summed E-state index contributed by atoms with van der Waals surface area (Å²) in [6.45, 7) is 5.68. The van der Waals surface area contributed by atoms with Crippen LogP contribution in [-0.4, -0.2) is 50.2 Å². The number of carbonyl (C=O) groups is 1. The highest BCUT2D eigenvalue weighted by Crippen LogP contribution is 2.18. The van der Waals surface area contributed by atoms with Gasteiger partial charge in [-0.05, 0) is 37.6 Å². The minimum absolute atomic E-state index is 0.0196. The lowest BCUT2D eigenvalue weighted by atomic mass is 10.2. The molecule has 144 valence electrons. The molecule has 4 rings (SSSR count). The Morgan fingerprint density at radius 3 is 2.64 bits per heavy atom. The number of piperazine rings is 1. The number of carbonyl (C=O) groups excluding carboxylic acids is 1. The standard InChI is InChI=1S/C20H21FN6O/c1-14-8-15(2)27(24-14)19-11-22-10-18(23-19)25-6-7-26(20(28)13-25)12-16-4-3-5-17(21)9-16/h3-5,8-11H,6-7,12-13H2,1-2H3. The third-order valence-electron chi connectivity index (χ3n) is 4.74. The van der Waals surface area contributed by atoms with E-state index < -0.39 is 0 Å². The number of rotatable bonds is 4. The topological polar surface area (TPSA) is 67.2 Å². The van der Waals surface area contributed by atoms with Gasteiger partial charge in [0, 0.05) is 25.3 Å². The number of benzene rings is 1. The fraction of sp³-hybridized carbons (Fsp3) is 0.300. The van der Waals surface area contributed by atoms with E-state index in [9.17, 15) is 9.18 Å². The fourth-order valence-electron chi connectivity index (χ4n) is 3.39. The quantitative estimate of drug-likeness (QED) is 0.695. The highest BCUT2D eigenvalue weighted by Gasteiger charge is 2.25. The first-order valence-electron chi connectivity index (χ1n) is 9.12. The van der Waals surface area contributed by atoms with Crippen LogP contribution in [0, 0.1) is 19.7 Å². The van der Waals surface area contributed by atoms with E-state index in [1.165, 1.54) is 12.1 Å². The van der Waals surface area contributed by atoms with Crippen LogP contribution in [0.1, 0.15) is 17.0 Å². The number of nitrogens with zero attached hydrogens (tertiary/aromatic N) is 6. The normalized spacial score (nSPS) is 14.6. The Labute approximate surface area is 162 Å². The molecule has 0 aliphatic carbocycles. The number of aromatic nitrogens is 4. The van der Waals surface area contributed by atoms with Crippen molar-refractivity contribution in [3.63, 3.8) is 0 Å². The van der Waals surface area contributed by atoms with E-state index in [1.807, 2.05) is 30.9 Å². The maximum atomic E-state index is 13.4. The van der Waals surface area contributed by atoms with Gasteiger partial charge in [0.1, 0.15) is 11.6 Å². The van der Waals surface area contributed by atoms with E-state index in [0.717, 1.165) is 17.0 Å². The molecule has 0 radical (unpaired) electrons.